The average Bonchev–Trinajstić information content (AvgIpc) is 2.76. The summed E-state index contributed by atoms with van der Waals surface area (Å²) in [4.78, 5) is 29.8. The minimum absolute atomic E-state index is 0.238. The predicted octanol–water partition coefficient (Wildman–Crippen LogP) is 3.10. The smallest absolute Gasteiger partial charge is 0.257 e. The van der Waals surface area contributed by atoms with Crippen molar-refractivity contribution < 1.29 is 4.79 Å². The summed E-state index contributed by atoms with van der Waals surface area (Å²) in [6, 6.07) is 12.6. The fourth-order valence-corrected chi connectivity index (χ4v) is 3.24. The van der Waals surface area contributed by atoms with Crippen molar-refractivity contribution in [1.29, 1.82) is 0 Å². The second-order valence-corrected chi connectivity index (χ2v) is 6.77. The highest BCUT2D eigenvalue weighted by atomic mass is 35.5. The molecule has 1 aromatic carbocycles. The zero-order valence-electron chi connectivity index (χ0n) is 15.1. The van der Waals surface area contributed by atoms with Crippen LogP contribution in [-0.2, 0) is 0 Å². The summed E-state index contributed by atoms with van der Waals surface area (Å²) in [5, 5.41) is 3.31. The van der Waals surface area contributed by atoms with Crippen molar-refractivity contribution in [2.75, 3.05) is 41.3 Å². The number of carbonyl (C=O) groups excluding carboxylic acids is 1. The topological polar surface area (TPSA) is 74.2 Å². The molecule has 0 spiro atoms. The van der Waals surface area contributed by atoms with Crippen LogP contribution >= 0.6 is 11.6 Å². The number of para-hydroxylation sites is 1. The molecule has 0 saturated carbocycles. The first-order valence-electron chi connectivity index (χ1n) is 8.99. The Morgan fingerprint density at radius 1 is 0.893 bits per heavy atom. The third-order valence-corrected chi connectivity index (χ3v) is 4.90. The number of hydrogen-bond acceptors (Lipinski definition) is 6. The third-order valence-electron chi connectivity index (χ3n) is 4.57. The highest BCUT2D eigenvalue weighted by Gasteiger charge is 2.20. The maximum absolute atomic E-state index is 12.4. The van der Waals surface area contributed by atoms with Gasteiger partial charge in [0.15, 0.2) is 0 Å². The number of anilines is 3. The number of halogens is 1. The van der Waals surface area contributed by atoms with E-state index in [0.29, 0.717) is 16.3 Å². The zero-order chi connectivity index (χ0) is 19.3. The van der Waals surface area contributed by atoms with E-state index in [2.05, 4.69) is 30.1 Å². The van der Waals surface area contributed by atoms with Crippen molar-refractivity contribution in [3.8, 4) is 0 Å². The molecule has 2 aromatic heterocycles. The molecule has 0 radical (unpaired) electrons. The lowest BCUT2D eigenvalue weighted by Crippen LogP contribution is -2.47. The fraction of sp³-hybridized carbons (Fsp3) is 0.200. The van der Waals surface area contributed by atoms with Crippen molar-refractivity contribution in [2.24, 2.45) is 0 Å². The molecule has 1 N–H and O–H groups in total. The minimum Gasteiger partial charge on any atom is -0.353 e. The lowest BCUT2D eigenvalue weighted by Gasteiger charge is -2.35. The Bertz CT molecular complexity index is 942. The van der Waals surface area contributed by atoms with Gasteiger partial charge in [0.1, 0.15) is 5.82 Å². The van der Waals surface area contributed by atoms with Crippen molar-refractivity contribution in [3.05, 3.63) is 71.6 Å². The highest BCUT2D eigenvalue weighted by Crippen LogP contribution is 2.22. The van der Waals surface area contributed by atoms with Crippen LogP contribution < -0.4 is 15.1 Å². The number of piperazine rings is 1. The summed E-state index contributed by atoms with van der Waals surface area (Å²) < 4.78 is 0. The SMILES string of the molecule is O=C(Nc1ccccc1Cl)c1ccc(N2CCN(c3ncccn3)CC2)nc1. The maximum atomic E-state index is 12.4. The van der Waals surface area contributed by atoms with Gasteiger partial charge in [-0.25, -0.2) is 15.0 Å². The van der Waals surface area contributed by atoms with Crippen LogP contribution in [0, 0.1) is 0 Å². The minimum atomic E-state index is -0.238. The summed E-state index contributed by atoms with van der Waals surface area (Å²) in [6.07, 6.45) is 5.10. The molecule has 8 heteroatoms. The number of rotatable bonds is 4. The molecule has 1 fully saturated rings. The molecule has 1 amide bonds. The van der Waals surface area contributed by atoms with Gasteiger partial charge in [-0.15, -0.1) is 0 Å². The molecule has 4 rings (SSSR count). The van der Waals surface area contributed by atoms with Gasteiger partial charge in [-0.2, -0.15) is 0 Å². The molecule has 3 heterocycles. The molecule has 1 aliphatic rings. The van der Waals surface area contributed by atoms with Crippen LogP contribution in [-0.4, -0.2) is 47.0 Å². The van der Waals surface area contributed by atoms with Gasteiger partial charge >= 0.3 is 0 Å². The van der Waals surface area contributed by atoms with Gasteiger partial charge < -0.3 is 15.1 Å². The Balaban J connectivity index is 1.37. The lowest BCUT2D eigenvalue weighted by molar-refractivity contribution is 0.102. The molecule has 0 unspecified atom stereocenters. The van der Waals surface area contributed by atoms with Gasteiger partial charge in [0, 0.05) is 44.8 Å². The molecule has 0 atom stereocenters. The molecule has 7 nitrogen and oxygen atoms in total. The number of nitrogens with zero attached hydrogens (tertiary/aromatic N) is 5. The zero-order valence-corrected chi connectivity index (χ0v) is 15.9. The third kappa shape index (κ3) is 4.04. The van der Waals surface area contributed by atoms with E-state index < -0.39 is 0 Å². The number of aromatic nitrogens is 3. The van der Waals surface area contributed by atoms with Crippen LogP contribution in [0.2, 0.25) is 5.02 Å². The van der Waals surface area contributed by atoms with E-state index >= 15 is 0 Å². The van der Waals surface area contributed by atoms with Gasteiger partial charge in [0.25, 0.3) is 5.91 Å². The lowest BCUT2D eigenvalue weighted by atomic mass is 10.2. The van der Waals surface area contributed by atoms with E-state index in [1.165, 1.54) is 0 Å². The number of benzene rings is 1. The summed E-state index contributed by atoms with van der Waals surface area (Å²) >= 11 is 6.09. The van der Waals surface area contributed by atoms with Gasteiger partial charge in [-0.05, 0) is 30.3 Å². The fourth-order valence-electron chi connectivity index (χ4n) is 3.05. The van der Waals surface area contributed by atoms with Crippen LogP contribution in [0.4, 0.5) is 17.5 Å². The van der Waals surface area contributed by atoms with E-state index in [1.807, 2.05) is 24.3 Å². The standard InChI is InChI=1S/C20H19ClN6O/c21-16-4-1-2-5-17(16)25-19(28)15-6-7-18(24-14-15)26-10-12-27(13-11-26)20-22-8-3-9-23-20/h1-9,14H,10-13H2,(H,25,28). The van der Waals surface area contributed by atoms with Crippen molar-refractivity contribution in [1.82, 2.24) is 15.0 Å². The number of hydrogen-bond donors (Lipinski definition) is 1. The van der Waals surface area contributed by atoms with Crippen molar-refractivity contribution in [3.63, 3.8) is 0 Å². The Labute approximate surface area is 168 Å². The van der Waals surface area contributed by atoms with E-state index in [9.17, 15) is 4.79 Å². The van der Waals surface area contributed by atoms with Gasteiger partial charge in [0.2, 0.25) is 5.95 Å². The first-order valence-corrected chi connectivity index (χ1v) is 9.37. The number of pyridine rings is 1. The van der Waals surface area contributed by atoms with Crippen molar-refractivity contribution >= 4 is 35.0 Å². The number of nitrogens with one attached hydrogen (secondary N) is 1. The second kappa shape index (κ2) is 8.22. The Kier molecular flexibility index (Phi) is 5.34. The Hall–Kier alpha value is -3.19. The highest BCUT2D eigenvalue weighted by molar-refractivity contribution is 6.33. The van der Waals surface area contributed by atoms with Gasteiger partial charge in [0.05, 0.1) is 16.3 Å². The monoisotopic (exact) mass is 394 g/mol. The van der Waals surface area contributed by atoms with Gasteiger partial charge in [-0.3, -0.25) is 4.79 Å². The number of amides is 1. The quantitative estimate of drug-likeness (QED) is 0.733. The van der Waals surface area contributed by atoms with Crippen LogP contribution in [0.1, 0.15) is 10.4 Å². The van der Waals surface area contributed by atoms with Crippen LogP contribution in [0.3, 0.4) is 0 Å². The first-order chi connectivity index (χ1) is 13.7. The summed E-state index contributed by atoms with van der Waals surface area (Å²) in [5.74, 6) is 1.36. The van der Waals surface area contributed by atoms with Crippen molar-refractivity contribution in [2.45, 2.75) is 0 Å². The van der Waals surface area contributed by atoms with Gasteiger partial charge in [-0.1, -0.05) is 23.7 Å². The largest absolute Gasteiger partial charge is 0.353 e. The van der Waals surface area contributed by atoms with E-state index in [-0.39, 0.29) is 5.91 Å². The average molecular weight is 395 g/mol. The normalized spacial score (nSPS) is 14.0. The summed E-state index contributed by atoms with van der Waals surface area (Å²) in [5.41, 5.74) is 1.07. The Morgan fingerprint density at radius 2 is 1.61 bits per heavy atom. The second-order valence-electron chi connectivity index (χ2n) is 6.36. The summed E-state index contributed by atoms with van der Waals surface area (Å²) in [7, 11) is 0. The first kappa shape index (κ1) is 18.2. The molecular formula is C20H19ClN6O. The van der Waals surface area contributed by atoms with Crippen LogP contribution in [0.15, 0.2) is 61.1 Å². The Morgan fingerprint density at radius 3 is 2.29 bits per heavy atom. The molecule has 28 heavy (non-hydrogen) atoms. The molecule has 1 aliphatic heterocycles. The maximum Gasteiger partial charge on any atom is 0.257 e. The molecular weight excluding hydrogens is 376 g/mol. The van der Waals surface area contributed by atoms with Crippen LogP contribution in [0.5, 0.6) is 0 Å². The molecule has 1 saturated heterocycles. The molecule has 0 aliphatic carbocycles. The molecule has 142 valence electrons. The predicted molar refractivity (Wildman–Crippen MR) is 110 cm³/mol. The van der Waals surface area contributed by atoms with E-state index in [0.717, 1.165) is 37.9 Å². The summed E-state index contributed by atoms with van der Waals surface area (Å²) in [6.45, 7) is 3.27. The van der Waals surface area contributed by atoms with E-state index in [4.69, 9.17) is 11.6 Å². The van der Waals surface area contributed by atoms with Crippen LogP contribution in [0.25, 0.3) is 0 Å². The molecule has 0 bridgehead atoms. The number of carbonyl (C=O) groups is 1. The molecule has 3 aromatic rings. The van der Waals surface area contributed by atoms with E-state index in [1.54, 1.807) is 36.8 Å².